The largest absolute Gasteiger partial charge is 0.396 e. The van der Waals surface area contributed by atoms with E-state index in [1.165, 1.54) is 54.4 Å². The molecule has 0 radical (unpaired) electrons. The Morgan fingerprint density at radius 2 is 1.33 bits per heavy atom. The third-order valence-corrected chi connectivity index (χ3v) is 7.50. The highest BCUT2D eigenvalue weighted by molar-refractivity contribution is 5.73. The Labute approximate surface area is 203 Å². The molecular formula is C30H48O3. The van der Waals surface area contributed by atoms with Crippen LogP contribution in [0.25, 0.3) is 0 Å². The lowest BCUT2D eigenvalue weighted by Gasteiger charge is -2.27. The highest BCUT2D eigenvalue weighted by Gasteiger charge is 2.20. The van der Waals surface area contributed by atoms with Crippen LogP contribution in [0.2, 0.25) is 0 Å². The first-order valence-electron chi connectivity index (χ1n) is 12.7. The van der Waals surface area contributed by atoms with Crippen LogP contribution in [0.4, 0.5) is 0 Å². The molecule has 0 aromatic carbocycles. The van der Waals surface area contributed by atoms with Crippen LogP contribution >= 0.6 is 0 Å². The summed E-state index contributed by atoms with van der Waals surface area (Å²) in [7, 11) is 0. The molecule has 2 unspecified atom stereocenters. The number of aliphatic hydroxyl groups excluding tert-OH is 2. The van der Waals surface area contributed by atoms with Gasteiger partial charge in [-0.2, -0.15) is 0 Å². The summed E-state index contributed by atoms with van der Waals surface area (Å²) in [6.07, 6.45) is 16.3. The smallest absolute Gasteiger partial charge is 0.145 e. The average molecular weight is 457 g/mol. The zero-order valence-electron chi connectivity index (χ0n) is 21.5. The number of carbonyl (C=O) groups excluding carboxylic acids is 1. The van der Waals surface area contributed by atoms with Crippen LogP contribution in [0.1, 0.15) is 85.0 Å². The lowest BCUT2D eigenvalue weighted by atomic mass is 9.80. The second-order valence-corrected chi connectivity index (χ2v) is 10.3. The van der Waals surface area contributed by atoms with Gasteiger partial charge in [-0.1, -0.05) is 48.6 Å². The average Bonchev–Trinajstić information content (AvgIpc) is 2.84. The monoisotopic (exact) mass is 456 g/mol. The van der Waals surface area contributed by atoms with E-state index in [1.54, 1.807) is 0 Å². The Balaban J connectivity index is 0.000000247. The van der Waals surface area contributed by atoms with Gasteiger partial charge >= 0.3 is 0 Å². The van der Waals surface area contributed by atoms with E-state index < -0.39 is 0 Å². The van der Waals surface area contributed by atoms with Crippen LogP contribution in [0.5, 0.6) is 0 Å². The van der Waals surface area contributed by atoms with Gasteiger partial charge in [0.25, 0.3) is 0 Å². The van der Waals surface area contributed by atoms with Crippen molar-refractivity contribution in [2.24, 2.45) is 23.7 Å². The van der Waals surface area contributed by atoms with Gasteiger partial charge in [0.05, 0.1) is 6.61 Å². The summed E-state index contributed by atoms with van der Waals surface area (Å²) in [5.74, 6) is 2.58. The number of rotatable bonds is 6. The minimum absolute atomic E-state index is 0.239. The molecule has 0 bridgehead atoms. The third-order valence-electron chi connectivity index (χ3n) is 7.50. The van der Waals surface area contributed by atoms with Crippen LogP contribution < -0.4 is 0 Å². The van der Waals surface area contributed by atoms with Crippen molar-refractivity contribution in [3.63, 3.8) is 0 Å². The molecule has 3 rings (SSSR count). The molecule has 0 aromatic heterocycles. The molecule has 0 amide bonds. The fraction of sp³-hybridized carbons (Fsp3) is 0.633. The van der Waals surface area contributed by atoms with Crippen molar-refractivity contribution >= 4 is 6.29 Å². The van der Waals surface area contributed by atoms with Crippen LogP contribution in [-0.2, 0) is 4.79 Å². The molecule has 0 spiro atoms. The van der Waals surface area contributed by atoms with Gasteiger partial charge in [0.2, 0.25) is 0 Å². The quantitative estimate of drug-likeness (QED) is 0.330. The zero-order valence-corrected chi connectivity index (χ0v) is 21.5. The topological polar surface area (TPSA) is 57.5 Å². The number of hydrogen-bond acceptors (Lipinski definition) is 3. The normalized spacial score (nSPS) is 26.8. The van der Waals surface area contributed by atoms with E-state index in [9.17, 15) is 4.79 Å². The standard InChI is InChI=1S/C10H18O.C10H16O.C10H14O/c3*1-8(2)10-5-3-9(7-11)4-6-10/h9-11H,1,3-7H2,2H3;3,10-11H,1,4-7H2,2H3;3,7,10H,1,4-6H2,2H3. The Morgan fingerprint density at radius 3 is 1.67 bits per heavy atom. The van der Waals surface area contributed by atoms with E-state index in [0.29, 0.717) is 24.4 Å². The molecule has 3 aliphatic rings. The summed E-state index contributed by atoms with van der Waals surface area (Å²) in [6, 6.07) is 0. The molecule has 1 fully saturated rings. The van der Waals surface area contributed by atoms with Crippen LogP contribution in [0.15, 0.2) is 59.8 Å². The van der Waals surface area contributed by atoms with Gasteiger partial charge in [0, 0.05) is 6.61 Å². The summed E-state index contributed by atoms with van der Waals surface area (Å²) >= 11 is 0. The molecule has 33 heavy (non-hydrogen) atoms. The molecule has 3 aliphatic carbocycles. The summed E-state index contributed by atoms with van der Waals surface area (Å²) < 4.78 is 0. The summed E-state index contributed by atoms with van der Waals surface area (Å²) in [6.45, 7) is 18.7. The van der Waals surface area contributed by atoms with Crippen molar-refractivity contribution in [3.05, 3.63) is 59.8 Å². The molecule has 2 atom stereocenters. The number of hydrogen-bond donors (Lipinski definition) is 2. The minimum atomic E-state index is 0.239. The highest BCUT2D eigenvalue weighted by atomic mass is 16.3. The van der Waals surface area contributed by atoms with Crippen molar-refractivity contribution in [1.29, 1.82) is 0 Å². The molecule has 0 heterocycles. The van der Waals surface area contributed by atoms with Gasteiger partial charge < -0.3 is 10.2 Å². The van der Waals surface area contributed by atoms with E-state index in [2.05, 4.69) is 46.6 Å². The molecule has 186 valence electrons. The number of aliphatic hydroxyl groups is 2. The van der Waals surface area contributed by atoms with Gasteiger partial charge in [-0.25, -0.2) is 0 Å². The first-order valence-corrected chi connectivity index (χ1v) is 12.7. The second kappa shape index (κ2) is 16.0. The summed E-state index contributed by atoms with van der Waals surface area (Å²) in [5, 5.41) is 17.7. The van der Waals surface area contributed by atoms with Gasteiger partial charge in [-0.05, 0) is 120 Å². The van der Waals surface area contributed by atoms with Crippen LogP contribution in [-0.4, -0.2) is 29.7 Å². The molecule has 3 heteroatoms. The van der Waals surface area contributed by atoms with Crippen LogP contribution in [0, 0.1) is 23.7 Å². The Bertz CT molecular complexity index is 704. The highest BCUT2D eigenvalue weighted by Crippen LogP contribution is 2.32. The van der Waals surface area contributed by atoms with E-state index >= 15 is 0 Å². The van der Waals surface area contributed by atoms with Crippen molar-refractivity contribution in [2.45, 2.75) is 85.0 Å². The van der Waals surface area contributed by atoms with Crippen LogP contribution in [0.3, 0.4) is 0 Å². The summed E-state index contributed by atoms with van der Waals surface area (Å²) in [4.78, 5) is 10.3. The van der Waals surface area contributed by atoms with Crippen molar-refractivity contribution in [3.8, 4) is 0 Å². The van der Waals surface area contributed by atoms with Gasteiger partial charge in [-0.15, -0.1) is 0 Å². The van der Waals surface area contributed by atoms with Crippen molar-refractivity contribution < 1.29 is 15.0 Å². The fourth-order valence-electron chi connectivity index (χ4n) is 4.73. The van der Waals surface area contributed by atoms with E-state index in [4.69, 9.17) is 10.2 Å². The molecule has 0 aliphatic heterocycles. The molecule has 2 N–H and O–H groups in total. The van der Waals surface area contributed by atoms with Gasteiger partial charge in [0.15, 0.2) is 0 Å². The molecule has 0 saturated heterocycles. The predicted molar refractivity (Wildman–Crippen MR) is 141 cm³/mol. The number of allylic oxidation sites excluding steroid dienone is 6. The fourth-order valence-corrected chi connectivity index (χ4v) is 4.73. The molecule has 1 saturated carbocycles. The number of carbonyl (C=O) groups is 1. The Hall–Kier alpha value is -1.71. The van der Waals surface area contributed by atoms with Crippen molar-refractivity contribution in [1.82, 2.24) is 0 Å². The SMILES string of the molecule is C=C(C)C1CC=C(C=O)CC1.C=C(C)C1CC=C(CO)CC1.C=C(C)C1CCC(CO)CC1. The van der Waals surface area contributed by atoms with Crippen molar-refractivity contribution in [2.75, 3.05) is 13.2 Å². The molecule has 3 nitrogen and oxygen atoms in total. The molecular weight excluding hydrogens is 408 g/mol. The van der Waals surface area contributed by atoms with E-state index in [1.807, 2.05) is 6.08 Å². The maximum absolute atomic E-state index is 10.3. The summed E-state index contributed by atoms with van der Waals surface area (Å²) in [5.41, 5.74) is 6.00. The first-order chi connectivity index (χ1) is 15.7. The van der Waals surface area contributed by atoms with Gasteiger partial charge in [0.1, 0.15) is 6.29 Å². The van der Waals surface area contributed by atoms with E-state index in [0.717, 1.165) is 49.9 Å². The van der Waals surface area contributed by atoms with Gasteiger partial charge in [-0.3, -0.25) is 4.79 Å². The first kappa shape index (κ1) is 29.3. The maximum atomic E-state index is 10.3. The zero-order chi connectivity index (χ0) is 24.8. The maximum Gasteiger partial charge on any atom is 0.145 e. The lowest BCUT2D eigenvalue weighted by molar-refractivity contribution is -0.105. The predicted octanol–water partition coefficient (Wildman–Crippen LogP) is 7.13. The Morgan fingerprint density at radius 1 is 0.818 bits per heavy atom. The Kier molecular flexibility index (Phi) is 14.2. The number of aldehydes is 1. The third kappa shape index (κ3) is 11.3. The van der Waals surface area contributed by atoms with E-state index in [-0.39, 0.29) is 6.61 Å². The lowest BCUT2D eigenvalue weighted by Crippen LogP contribution is -2.17. The minimum Gasteiger partial charge on any atom is -0.396 e. The second-order valence-electron chi connectivity index (χ2n) is 10.3. The molecule has 0 aromatic rings.